The molecule has 0 N–H and O–H groups in total. The number of aryl methyl sites for hydroxylation is 1. The van der Waals surface area contributed by atoms with E-state index in [2.05, 4.69) is 27.7 Å². The Morgan fingerprint density at radius 3 is 2.65 bits per heavy atom. The Labute approximate surface area is 119 Å². The Bertz CT molecular complexity index is 709. The van der Waals surface area contributed by atoms with Crippen LogP contribution in [0.3, 0.4) is 0 Å². The molecule has 2 heterocycles. The number of ether oxygens (including phenoxy) is 1. The van der Waals surface area contributed by atoms with Gasteiger partial charge in [0.25, 0.3) is 0 Å². The van der Waals surface area contributed by atoms with Crippen LogP contribution in [0, 0.1) is 18.3 Å². The third-order valence-electron chi connectivity index (χ3n) is 4.32. The van der Waals surface area contributed by atoms with Crippen LogP contribution in [-0.4, -0.2) is 29.7 Å². The third-order valence-corrected chi connectivity index (χ3v) is 4.32. The van der Waals surface area contributed by atoms with Crippen molar-refractivity contribution in [2.45, 2.75) is 20.0 Å². The Balaban J connectivity index is 2.03. The monoisotopic (exact) mass is 269 g/mol. The molecule has 20 heavy (non-hydrogen) atoms. The molecule has 1 aromatic carbocycles. The first-order chi connectivity index (χ1) is 9.65. The first kappa shape index (κ1) is 13.2. The molecule has 2 aromatic rings. The van der Waals surface area contributed by atoms with Crippen molar-refractivity contribution in [3.63, 3.8) is 0 Å². The first-order valence-corrected chi connectivity index (χ1v) is 6.88. The number of rotatable bonds is 3. The zero-order chi connectivity index (χ0) is 14.3. The average molecular weight is 269 g/mol. The summed E-state index contributed by atoms with van der Waals surface area (Å²) in [6, 6.07) is 6.78. The molecule has 0 radical (unpaired) electrons. The first-order valence-electron chi connectivity index (χ1n) is 6.88. The van der Waals surface area contributed by atoms with Gasteiger partial charge in [0.2, 0.25) is 0 Å². The van der Waals surface area contributed by atoms with E-state index in [0.29, 0.717) is 0 Å². The number of aromatic nitrogens is 1. The smallest absolute Gasteiger partial charge is 0.102 e. The van der Waals surface area contributed by atoms with E-state index in [9.17, 15) is 5.26 Å². The summed E-state index contributed by atoms with van der Waals surface area (Å²) in [5, 5.41) is 10.4. The van der Waals surface area contributed by atoms with Gasteiger partial charge in [-0.15, -0.1) is 0 Å². The van der Waals surface area contributed by atoms with Crippen molar-refractivity contribution >= 4 is 10.9 Å². The maximum absolute atomic E-state index is 9.36. The number of hydrogen-bond acceptors (Lipinski definition) is 3. The lowest BCUT2D eigenvalue weighted by Gasteiger charge is -2.13. The van der Waals surface area contributed by atoms with E-state index in [1.165, 1.54) is 11.1 Å². The normalized spacial score (nSPS) is 14.7. The number of benzene rings is 1. The summed E-state index contributed by atoms with van der Waals surface area (Å²) < 4.78 is 7.26. The molecule has 0 unspecified atom stereocenters. The molecule has 0 fully saturated rings. The average Bonchev–Trinajstić information content (AvgIpc) is 2.94. The largest absolute Gasteiger partial charge is 0.383 e. The quantitative estimate of drug-likeness (QED) is 0.858. The Hall–Kier alpha value is -1.83. The van der Waals surface area contributed by atoms with Crippen molar-refractivity contribution in [2.75, 3.05) is 20.3 Å². The van der Waals surface area contributed by atoms with Crippen LogP contribution in [0.2, 0.25) is 0 Å². The van der Waals surface area contributed by atoms with Gasteiger partial charge in [0.15, 0.2) is 0 Å². The standard InChI is InChI=1S/C16H19N3O/c1-11-15(8-17)14-6-12-9-19(4-5-20-3)10-13(12)7-16(14)18(11)2/h6-7H,4-5,9-10H2,1-3H3. The number of methoxy groups -OCH3 is 1. The van der Waals surface area contributed by atoms with Crippen molar-refractivity contribution in [3.8, 4) is 6.07 Å². The molecular weight excluding hydrogens is 250 g/mol. The highest BCUT2D eigenvalue weighted by Crippen LogP contribution is 2.31. The van der Waals surface area contributed by atoms with Crippen LogP contribution < -0.4 is 0 Å². The van der Waals surface area contributed by atoms with Crippen LogP contribution in [0.15, 0.2) is 12.1 Å². The molecule has 3 rings (SSSR count). The van der Waals surface area contributed by atoms with E-state index in [1.807, 2.05) is 14.0 Å². The molecule has 1 aromatic heterocycles. The molecule has 4 heteroatoms. The molecular formula is C16H19N3O. The van der Waals surface area contributed by atoms with E-state index in [-0.39, 0.29) is 0 Å². The summed E-state index contributed by atoms with van der Waals surface area (Å²) >= 11 is 0. The van der Waals surface area contributed by atoms with Gasteiger partial charge >= 0.3 is 0 Å². The van der Waals surface area contributed by atoms with Gasteiger partial charge in [-0.05, 0) is 30.2 Å². The van der Waals surface area contributed by atoms with E-state index in [4.69, 9.17) is 4.74 Å². The second kappa shape index (κ2) is 4.93. The van der Waals surface area contributed by atoms with Crippen LogP contribution in [0.5, 0.6) is 0 Å². The van der Waals surface area contributed by atoms with Crippen LogP contribution in [-0.2, 0) is 24.9 Å². The summed E-state index contributed by atoms with van der Waals surface area (Å²) in [6.45, 7) is 5.64. The van der Waals surface area contributed by atoms with Crippen molar-refractivity contribution in [1.82, 2.24) is 9.47 Å². The highest BCUT2D eigenvalue weighted by molar-refractivity contribution is 5.89. The van der Waals surface area contributed by atoms with Crippen molar-refractivity contribution in [2.24, 2.45) is 7.05 Å². The SMILES string of the molecule is COCCN1Cc2cc3c(C#N)c(C)n(C)c3cc2C1. The zero-order valence-corrected chi connectivity index (χ0v) is 12.2. The minimum Gasteiger partial charge on any atom is -0.383 e. The fourth-order valence-electron chi connectivity index (χ4n) is 3.05. The van der Waals surface area contributed by atoms with Gasteiger partial charge in [-0.3, -0.25) is 4.90 Å². The molecule has 0 amide bonds. The van der Waals surface area contributed by atoms with Crippen LogP contribution in [0.25, 0.3) is 10.9 Å². The summed E-state index contributed by atoms with van der Waals surface area (Å²) in [5.41, 5.74) is 5.73. The van der Waals surface area contributed by atoms with Gasteiger partial charge in [0, 0.05) is 50.4 Å². The molecule has 1 aliphatic heterocycles. The Morgan fingerprint density at radius 1 is 1.30 bits per heavy atom. The van der Waals surface area contributed by atoms with Crippen LogP contribution >= 0.6 is 0 Å². The molecule has 104 valence electrons. The molecule has 0 saturated heterocycles. The van der Waals surface area contributed by atoms with E-state index < -0.39 is 0 Å². The summed E-state index contributed by atoms with van der Waals surface area (Å²) in [5.74, 6) is 0. The predicted molar refractivity (Wildman–Crippen MR) is 78.4 cm³/mol. The van der Waals surface area contributed by atoms with Gasteiger partial charge in [-0.25, -0.2) is 0 Å². The van der Waals surface area contributed by atoms with Gasteiger partial charge in [-0.1, -0.05) is 0 Å². The predicted octanol–water partition coefficient (Wildman–Crippen LogP) is 2.32. The fourth-order valence-corrected chi connectivity index (χ4v) is 3.05. The van der Waals surface area contributed by atoms with E-state index >= 15 is 0 Å². The highest BCUT2D eigenvalue weighted by Gasteiger charge is 2.21. The van der Waals surface area contributed by atoms with Crippen LogP contribution in [0.4, 0.5) is 0 Å². The lowest BCUT2D eigenvalue weighted by Crippen LogP contribution is -2.21. The zero-order valence-electron chi connectivity index (χ0n) is 12.2. The van der Waals surface area contributed by atoms with E-state index in [0.717, 1.165) is 48.4 Å². The van der Waals surface area contributed by atoms with Crippen LogP contribution in [0.1, 0.15) is 22.4 Å². The third kappa shape index (κ3) is 1.91. The lowest BCUT2D eigenvalue weighted by molar-refractivity contribution is 0.147. The topological polar surface area (TPSA) is 41.2 Å². The molecule has 0 atom stereocenters. The summed E-state index contributed by atoms with van der Waals surface area (Å²) in [6.07, 6.45) is 0. The Morgan fingerprint density at radius 2 is 2.00 bits per heavy atom. The Kier molecular flexibility index (Phi) is 3.25. The summed E-state index contributed by atoms with van der Waals surface area (Å²) in [4.78, 5) is 2.38. The molecule has 0 saturated carbocycles. The van der Waals surface area contributed by atoms with Gasteiger partial charge in [0.1, 0.15) is 6.07 Å². The van der Waals surface area contributed by atoms with Gasteiger partial charge in [-0.2, -0.15) is 5.26 Å². The molecule has 0 spiro atoms. The molecule has 0 aliphatic carbocycles. The number of nitrogens with zero attached hydrogens (tertiary/aromatic N) is 3. The second-order valence-corrected chi connectivity index (χ2v) is 5.47. The van der Waals surface area contributed by atoms with Gasteiger partial charge in [0.05, 0.1) is 12.2 Å². The molecule has 0 bridgehead atoms. The second-order valence-electron chi connectivity index (χ2n) is 5.47. The fraction of sp³-hybridized carbons (Fsp3) is 0.438. The minimum absolute atomic E-state index is 0.760. The maximum Gasteiger partial charge on any atom is 0.102 e. The number of nitriles is 1. The highest BCUT2D eigenvalue weighted by atomic mass is 16.5. The minimum atomic E-state index is 0.760. The van der Waals surface area contributed by atoms with Crippen molar-refractivity contribution < 1.29 is 4.74 Å². The molecule has 1 aliphatic rings. The lowest BCUT2D eigenvalue weighted by atomic mass is 10.1. The van der Waals surface area contributed by atoms with E-state index in [1.54, 1.807) is 7.11 Å². The van der Waals surface area contributed by atoms with Crippen molar-refractivity contribution in [3.05, 3.63) is 34.5 Å². The summed E-state index contributed by atoms with van der Waals surface area (Å²) in [7, 11) is 3.77. The van der Waals surface area contributed by atoms with Gasteiger partial charge < -0.3 is 9.30 Å². The van der Waals surface area contributed by atoms with Crippen molar-refractivity contribution in [1.29, 1.82) is 5.26 Å². The number of fused-ring (bicyclic) bond motifs is 2. The maximum atomic E-state index is 9.36. The molecule has 4 nitrogen and oxygen atoms in total. The number of hydrogen-bond donors (Lipinski definition) is 0.